The molecule has 0 unspecified atom stereocenters. The van der Waals surface area contributed by atoms with Crippen LogP contribution in [-0.2, 0) is 14.3 Å². The predicted octanol–water partition coefficient (Wildman–Crippen LogP) is 4.40. The minimum atomic E-state index is -0.831. The van der Waals surface area contributed by atoms with E-state index in [1.54, 1.807) is 23.1 Å². The van der Waals surface area contributed by atoms with Crippen molar-refractivity contribution >= 4 is 40.8 Å². The van der Waals surface area contributed by atoms with Crippen molar-refractivity contribution in [2.24, 2.45) is 0 Å². The fourth-order valence-corrected chi connectivity index (χ4v) is 5.25. The molecule has 2 fully saturated rings. The molecule has 2 saturated heterocycles. The van der Waals surface area contributed by atoms with Crippen LogP contribution in [0.3, 0.4) is 0 Å². The molecule has 194 valence electrons. The van der Waals surface area contributed by atoms with E-state index in [2.05, 4.69) is 10.6 Å². The van der Waals surface area contributed by atoms with Crippen LogP contribution in [0.2, 0.25) is 10.0 Å². The number of carbonyl (C=O) groups is 2. The van der Waals surface area contributed by atoms with Gasteiger partial charge in [-0.3, -0.25) is 4.79 Å². The van der Waals surface area contributed by atoms with Crippen LogP contribution < -0.4 is 10.6 Å². The van der Waals surface area contributed by atoms with E-state index in [9.17, 15) is 14.7 Å². The Hall–Kier alpha value is -2.36. The van der Waals surface area contributed by atoms with Crippen molar-refractivity contribution in [3.05, 3.63) is 64.1 Å². The Labute approximate surface area is 220 Å². The van der Waals surface area contributed by atoms with Gasteiger partial charge in [0.15, 0.2) is 0 Å². The van der Waals surface area contributed by atoms with Gasteiger partial charge in [0.1, 0.15) is 6.10 Å². The van der Waals surface area contributed by atoms with Crippen LogP contribution >= 0.6 is 23.2 Å². The molecule has 10 heteroatoms. The Morgan fingerprint density at radius 1 is 1.11 bits per heavy atom. The topological polar surface area (TPSA) is 100 Å². The molecule has 3 N–H and O–H groups in total. The lowest BCUT2D eigenvalue weighted by atomic mass is 9.94. The molecule has 0 bridgehead atoms. The minimum Gasteiger partial charge on any atom is -0.389 e. The van der Waals surface area contributed by atoms with Gasteiger partial charge in [0.2, 0.25) is 5.91 Å². The van der Waals surface area contributed by atoms with E-state index >= 15 is 0 Å². The highest BCUT2D eigenvalue weighted by molar-refractivity contribution is 6.35. The standard InChI is InChI=1S/C26H31Cl2N3O5/c1-16(17-5-3-2-4-6-17)29-25(33)12-22-7-8-23-24(36-22)15-35-14-21(32)13-31(23)26(34)30-20-10-18(27)9-19(28)11-20/h2-6,9-11,16,21-24,32H,7-8,12-15H2,1H3,(H,29,33)(H,30,34)/t16-,21-,22-,23-,24+/m0/s1. The lowest BCUT2D eigenvalue weighted by Gasteiger charge is -2.44. The summed E-state index contributed by atoms with van der Waals surface area (Å²) in [5, 5.41) is 17.0. The van der Waals surface area contributed by atoms with E-state index in [0.29, 0.717) is 28.6 Å². The number of ether oxygens (including phenoxy) is 2. The van der Waals surface area contributed by atoms with Crippen LogP contribution in [-0.4, -0.2) is 66.1 Å². The highest BCUT2D eigenvalue weighted by Gasteiger charge is 2.40. The average Bonchev–Trinajstić information content (AvgIpc) is 2.81. The number of hydrogen-bond donors (Lipinski definition) is 3. The van der Waals surface area contributed by atoms with Gasteiger partial charge < -0.3 is 30.1 Å². The van der Waals surface area contributed by atoms with E-state index in [1.807, 2.05) is 37.3 Å². The average molecular weight is 536 g/mol. The molecule has 2 aromatic rings. The second-order valence-corrected chi connectivity index (χ2v) is 10.2. The second kappa shape index (κ2) is 12.3. The number of β-amino-alcohol motifs (C(OH)–C–C–N with tert-alkyl or cyclic N) is 1. The zero-order chi connectivity index (χ0) is 25.7. The zero-order valence-electron chi connectivity index (χ0n) is 20.0. The molecule has 4 rings (SSSR count). The third-order valence-electron chi connectivity index (χ3n) is 6.45. The summed E-state index contributed by atoms with van der Waals surface area (Å²) in [6.07, 6.45) is -0.130. The Bertz CT molecular complexity index is 1040. The summed E-state index contributed by atoms with van der Waals surface area (Å²) < 4.78 is 11.9. The van der Waals surface area contributed by atoms with E-state index in [4.69, 9.17) is 32.7 Å². The predicted molar refractivity (Wildman–Crippen MR) is 138 cm³/mol. The second-order valence-electron chi connectivity index (χ2n) is 9.28. The number of fused-ring (bicyclic) bond motifs is 1. The number of carbonyl (C=O) groups excluding carboxylic acids is 2. The highest BCUT2D eigenvalue weighted by Crippen LogP contribution is 2.29. The number of nitrogens with zero attached hydrogens (tertiary/aromatic N) is 1. The van der Waals surface area contributed by atoms with Crippen molar-refractivity contribution in [2.45, 2.75) is 56.6 Å². The summed E-state index contributed by atoms with van der Waals surface area (Å²) in [5.41, 5.74) is 1.49. The number of benzene rings is 2. The zero-order valence-corrected chi connectivity index (χ0v) is 21.5. The number of aliphatic hydroxyl groups excluding tert-OH is 1. The summed E-state index contributed by atoms with van der Waals surface area (Å²) in [4.78, 5) is 27.5. The molecule has 2 heterocycles. The summed E-state index contributed by atoms with van der Waals surface area (Å²) in [6.45, 7) is 2.33. The maximum absolute atomic E-state index is 13.2. The van der Waals surface area contributed by atoms with Gasteiger partial charge in [-0.1, -0.05) is 53.5 Å². The molecular weight excluding hydrogens is 505 g/mol. The summed E-state index contributed by atoms with van der Waals surface area (Å²) in [6, 6.07) is 13.7. The molecule has 0 aromatic heterocycles. The lowest BCUT2D eigenvalue weighted by molar-refractivity contribution is -0.150. The van der Waals surface area contributed by atoms with E-state index in [0.717, 1.165) is 5.56 Å². The fraction of sp³-hybridized carbons (Fsp3) is 0.462. The maximum Gasteiger partial charge on any atom is 0.322 e. The van der Waals surface area contributed by atoms with Crippen molar-refractivity contribution in [1.29, 1.82) is 0 Å². The van der Waals surface area contributed by atoms with Crippen LogP contribution in [0.15, 0.2) is 48.5 Å². The molecule has 8 nitrogen and oxygen atoms in total. The fourth-order valence-electron chi connectivity index (χ4n) is 4.73. The molecule has 36 heavy (non-hydrogen) atoms. The molecule has 0 radical (unpaired) electrons. The van der Waals surface area contributed by atoms with Crippen LogP contribution in [0.4, 0.5) is 10.5 Å². The summed E-state index contributed by atoms with van der Waals surface area (Å²) in [5.74, 6) is -0.0931. The largest absolute Gasteiger partial charge is 0.389 e. The van der Waals surface area contributed by atoms with Gasteiger partial charge in [0, 0.05) is 15.7 Å². The van der Waals surface area contributed by atoms with Gasteiger partial charge >= 0.3 is 6.03 Å². The van der Waals surface area contributed by atoms with Crippen LogP contribution in [0.25, 0.3) is 0 Å². The number of rotatable bonds is 5. The van der Waals surface area contributed by atoms with Crippen molar-refractivity contribution in [1.82, 2.24) is 10.2 Å². The van der Waals surface area contributed by atoms with Crippen molar-refractivity contribution in [2.75, 3.05) is 25.1 Å². The van der Waals surface area contributed by atoms with Gasteiger partial charge in [-0.15, -0.1) is 0 Å². The third kappa shape index (κ3) is 7.11. The third-order valence-corrected chi connectivity index (χ3v) is 6.88. The molecule has 2 aliphatic heterocycles. The minimum absolute atomic E-state index is 0.0824. The highest BCUT2D eigenvalue weighted by atomic mass is 35.5. The molecule has 0 spiro atoms. The maximum atomic E-state index is 13.2. The van der Waals surface area contributed by atoms with Crippen LogP contribution in [0.5, 0.6) is 0 Å². The number of amides is 3. The van der Waals surface area contributed by atoms with Crippen molar-refractivity contribution in [3.63, 3.8) is 0 Å². The van der Waals surface area contributed by atoms with Crippen LogP contribution in [0, 0.1) is 0 Å². The number of urea groups is 1. The van der Waals surface area contributed by atoms with Gasteiger partial charge in [0.05, 0.1) is 50.5 Å². The number of hydrogen-bond acceptors (Lipinski definition) is 5. The Kier molecular flexibility index (Phi) is 9.09. The Morgan fingerprint density at radius 2 is 1.83 bits per heavy atom. The first kappa shape index (κ1) is 26.7. The lowest BCUT2D eigenvalue weighted by Crippen LogP contribution is -2.58. The first-order valence-electron chi connectivity index (χ1n) is 12.1. The Balaban J connectivity index is 1.39. The Morgan fingerprint density at radius 3 is 2.56 bits per heavy atom. The van der Waals surface area contributed by atoms with Gasteiger partial charge in [-0.05, 0) is 43.5 Å². The van der Waals surface area contributed by atoms with E-state index < -0.39 is 12.2 Å². The van der Waals surface area contributed by atoms with Gasteiger partial charge in [-0.25, -0.2) is 4.79 Å². The quantitative estimate of drug-likeness (QED) is 0.526. The van der Waals surface area contributed by atoms with E-state index in [-0.39, 0.29) is 56.3 Å². The number of aliphatic hydroxyl groups is 1. The molecule has 3 amide bonds. The monoisotopic (exact) mass is 535 g/mol. The number of halogens is 2. The number of anilines is 1. The van der Waals surface area contributed by atoms with Crippen LogP contribution in [0.1, 0.15) is 37.8 Å². The molecule has 0 aliphatic carbocycles. The number of nitrogens with one attached hydrogen (secondary N) is 2. The van der Waals surface area contributed by atoms with Crippen molar-refractivity contribution < 1.29 is 24.2 Å². The molecular formula is C26H31Cl2N3O5. The smallest absolute Gasteiger partial charge is 0.322 e. The molecule has 2 aliphatic rings. The summed E-state index contributed by atoms with van der Waals surface area (Å²) >= 11 is 12.1. The molecule has 0 saturated carbocycles. The van der Waals surface area contributed by atoms with Gasteiger partial charge in [-0.2, -0.15) is 0 Å². The van der Waals surface area contributed by atoms with E-state index in [1.165, 1.54) is 0 Å². The summed E-state index contributed by atoms with van der Waals surface area (Å²) in [7, 11) is 0. The first-order chi connectivity index (χ1) is 17.3. The van der Waals surface area contributed by atoms with Crippen molar-refractivity contribution in [3.8, 4) is 0 Å². The molecule has 5 atom stereocenters. The first-order valence-corrected chi connectivity index (χ1v) is 12.8. The normalized spacial score (nSPS) is 25.2. The van der Waals surface area contributed by atoms with Gasteiger partial charge in [0.25, 0.3) is 0 Å². The SMILES string of the molecule is C[C@H](NC(=O)C[C@@H]1CC[C@H]2[C@@H](COC[C@@H](O)CN2C(=O)Nc2cc(Cl)cc(Cl)c2)O1)c1ccccc1. The molecule has 2 aromatic carbocycles.